The van der Waals surface area contributed by atoms with Crippen LogP contribution in [0.5, 0.6) is 0 Å². The molecule has 0 bridgehead atoms. The van der Waals surface area contributed by atoms with Crippen molar-refractivity contribution in [3.05, 3.63) is 50.3 Å². The summed E-state index contributed by atoms with van der Waals surface area (Å²) in [6.45, 7) is 4.32. The highest BCUT2D eigenvalue weighted by Gasteiger charge is 2.29. The number of carbonyl (C=O) groups excluding carboxylic acids is 2. The molecular formula is C20H22BrNO3S. The molecule has 3 rings (SSSR count). The molecule has 0 saturated carbocycles. The third-order valence-electron chi connectivity index (χ3n) is 4.76. The van der Waals surface area contributed by atoms with Crippen LogP contribution in [0.1, 0.15) is 57.8 Å². The second kappa shape index (κ2) is 8.35. The number of esters is 1. The van der Waals surface area contributed by atoms with Crippen LogP contribution in [0.15, 0.2) is 28.7 Å². The highest BCUT2D eigenvalue weighted by molar-refractivity contribution is 9.10. The largest absolute Gasteiger partial charge is 0.462 e. The maximum Gasteiger partial charge on any atom is 0.341 e. The van der Waals surface area contributed by atoms with Crippen LogP contribution in [0.4, 0.5) is 5.00 Å². The van der Waals surface area contributed by atoms with Crippen molar-refractivity contribution < 1.29 is 14.3 Å². The van der Waals surface area contributed by atoms with Crippen LogP contribution < -0.4 is 5.32 Å². The summed E-state index contributed by atoms with van der Waals surface area (Å²) < 4.78 is 6.17. The minimum Gasteiger partial charge on any atom is -0.462 e. The Morgan fingerprint density at radius 2 is 2.00 bits per heavy atom. The van der Waals surface area contributed by atoms with E-state index in [9.17, 15) is 9.59 Å². The van der Waals surface area contributed by atoms with Crippen molar-refractivity contribution in [2.24, 2.45) is 5.92 Å². The number of benzene rings is 1. The summed E-state index contributed by atoms with van der Waals surface area (Å²) in [5.74, 6) is 0.0889. The standard InChI is InChI=1S/C20H22BrNO3S/c1-3-12-5-10-15-16(11-12)26-19(17(15)20(24)25-4-2)22-18(23)13-6-8-14(21)9-7-13/h6-9,12H,3-5,10-11H2,1-2H3,(H,22,23)/t12-/m0/s1. The number of hydrogen-bond acceptors (Lipinski definition) is 4. The molecule has 0 radical (unpaired) electrons. The smallest absolute Gasteiger partial charge is 0.341 e. The number of amides is 1. The number of fused-ring (bicyclic) bond motifs is 1. The second-order valence-electron chi connectivity index (χ2n) is 6.41. The number of anilines is 1. The van der Waals surface area contributed by atoms with E-state index in [1.807, 2.05) is 12.1 Å². The monoisotopic (exact) mass is 435 g/mol. The van der Waals surface area contributed by atoms with Crippen molar-refractivity contribution in [3.8, 4) is 0 Å². The van der Waals surface area contributed by atoms with Gasteiger partial charge < -0.3 is 10.1 Å². The molecule has 1 N–H and O–H groups in total. The van der Waals surface area contributed by atoms with Gasteiger partial charge in [-0.1, -0.05) is 29.3 Å². The molecule has 1 aromatic heterocycles. The molecule has 1 aliphatic rings. The summed E-state index contributed by atoms with van der Waals surface area (Å²) in [4.78, 5) is 26.4. The Balaban J connectivity index is 1.92. The van der Waals surface area contributed by atoms with Crippen LogP contribution in [0.25, 0.3) is 0 Å². The van der Waals surface area contributed by atoms with Crippen molar-refractivity contribution in [2.45, 2.75) is 39.5 Å². The number of halogens is 1. The second-order valence-corrected chi connectivity index (χ2v) is 8.43. The average Bonchev–Trinajstić information content (AvgIpc) is 2.99. The number of ether oxygens (including phenoxy) is 1. The first-order valence-electron chi connectivity index (χ1n) is 8.92. The maximum atomic E-state index is 12.6. The number of hydrogen-bond donors (Lipinski definition) is 1. The minimum absolute atomic E-state index is 0.214. The van der Waals surface area contributed by atoms with Crippen molar-refractivity contribution in [1.29, 1.82) is 0 Å². The van der Waals surface area contributed by atoms with E-state index >= 15 is 0 Å². The van der Waals surface area contributed by atoms with Crippen molar-refractivity contribution in [1.82, 2.24) is 0 Å². The molecule has 6 heteroatoms. The Morgan fingerprint density at radius 1 is 1.27 bits per heavy atom. The van der Waals surface area contributed by atoms with Crippen LogP contribution in [0.2, 0.25) is 0 Å². The lowest BCUT2D eigenvalue weighted by Crippen LogP contribution is -2.17. The molecule has 138 valence electrons. The van der Waals surface area contributed by atoms with Crippen LogP contribution in [-0.4, -0.2) is 18.5 Å². The predicted molar refractivity (Wildman–Crippen MR) is 108 cm³/mol. The molecule has 1 aliphatic carbocycles. The summed E-state index contributed by atoms with van der Waals surface area (Å²) >= 11 is 4.89. The first kappa shape index (κ1) is 19.1. The van der Waals surface area contributed by atoms with E-state index in [0.717, 1.165) is 35.7 Å². The Bertz CT molecular complexity index is 813. The summed E-state index contributed by atoms with van der Waals surface area (Å²) in [5, 5.41) is 3.55. The van der Waals surface area contributed by atoms with Gasteiger partial charge in [0, 0.05) is 14.9 Å². The number of nitrogens with one attached hydrogen (secondary N) is 1. The van der Waals surface area contributed by atoms with E-state index in [4.69, 9.17) is 4.74 Å². The van der Waals surface area contributed by atoms with Crippen LogP contribution in [0.3, 0.4) is 0 Å². The lowest BCUT2D eigenvalue weighted by molar-refractivity contribution is 0.0526. The van der Waals surface area contributed by atoms with E-state index in [0.29, 0.717) is 28.7 Å². The fraction of sp³-hybridized carbons (Fsp3) is 0.400. The van der Waals surface area contributed by atoms with Gasteiger partial charge in [0.25, 0.3) is 5.91 Å². The first-order valence-corrected chi connectivity index (χ1v) is 10.5. The third kappa shape index (κ3) is 4.01. The molecule has 1 aromatic carbocycles. The Kier molecular flexibility index (Phi) is 6.14. The Morgan fingerprint density at radius 3 is 2.65 bits per heavy atom. The average molecular weight is 436 g/mol. The van der Waals surface area contributed by atoms with E-state index in [-0.39, 0.29) is 11.9 Å². The molecule has 2 aromatic rings. The molecule has 4 nitrogen and oxygen atoms in total. The van der Waals surface area contributed by atoms with E-state index < -0.39 is 0 Å². The van der Waals surface area contributed by atoms with Gasteiger partial charge in [0.2, 0.25) is 0 Å². The van der Waals surface area contributed by atoms with Crippen LogP contribution in [-0.2, 0) is 17.6 Å². The molecule has 1 amide bonds. The van der Waals surface area contributed by atoms with Gasteiger partial charge in [-0.05, 0) is 61.9 Å². The quantitative estimate of drug-likeness (QED) is 0.634. The zero-order valence-electron chi connectivity index (χ0n) is 14.9. The molecule has 1 atom stereocenters. The first-order chi connectivity index (χ1) is 12.5. The van der Waals surface area contributed by atoms with Crippen molar-refractivity contribution in [3.63, 3.8) is 0 Å². The van der Waals surface area contributed by atoms with Crippen LogP contribution >= 0.6 is 27.3 Å². The van der Waals surface area contributed by atoms with Gasteiger partial charge in [-0.15, -0.1) is 11.3 Å². The maximum absolute atomic E-state index is 12.6. The minimum atomic E-state index is -0.342. The number of carbonyl (C=O) groups is 2. The summed E-state index contributed by atoms with van der Waals surface area (Å²) in [6.07, 6.45) is 4.04. The summed E-state index contributed by atoms with van der Waals surface area (Å²) in [6, 6.07) is 7.16. The van der Waals surface area contributed by atoms with E-state index in [1.54, 1.807) is 19.1 Å². The van der Waals surface area contributed by atoms with Gasteiger partial charge in [-0.25, -0.2) is 4.79 Å². The van der Waals surface area contributed by atoms with E-state index in [1.165, 1.54) is 16.2 Å². The van der Waals surface area contributed by atoms with Gasteiger partial charge in [0.05, 0.1) is 12.2 Å². The molecule has 26 heavy (non-hydrogen) atoms. The summed E-state index contributed by atoms with van der Waals surface area (Å²) in [7, 11) is 0. The van der Waals surface area contributed by atoms with Crippen molar-refractivity contribution >= 4 is 44.1 Å². The predicted octanol–water partition coefficient (Wildman–Crippen LogP) is 5.45. The Hall–Kier alpha value is -1.66. The lowest BCUT2D eigenvalue weighted by atomic mass is 9.85. The highest BCUT2D eigenvalue weighted by Crippen LogP contribution is 2.41. The zero-order valence-corrected chi connectivity index (χ0v) is 17.3. The third-order valence-corrected chi connectivity index (χ3v) is 6.46. The molecule has 0 aliphatic heterocycles. The van der Waals surface area contributed by atoms with Gasteiger partial charge >= 0.3 is 5.97 Å². The molecule has 0 spiro atoms. The highest BCUT2D eigenvalue weighted by atomic mass is 79.9. The van der Waals surface area contributed by atoms with Gasteiger partial charge in [-0.2, -0.15) is 0 Å². The molecule has 0 saturated heterocycles. The molecule has 0 unspecified atom stereocenters. The lowest BCUT2D eigenvalue weighted by Gasteiger charge is -2.20. The van der Waals surface area contributed by atoms with Gasteiger partial charge in [0.15, 0.2) is 0 Å². The molecular weight excluding hydrogens is 414 g/mol. The van der Waals surface area contributed by atoms with Gasteiger partial charge in [-0.3, -0.25) is 4.79 Å². The Labute approximate surface area is 166 Å². The topological polar surface area (TPSA) is 55.4 Å². The van der Waals surface area contributed by atoms with Crippen molar-refractivity contribution in [2.75, 3.05) is 11.9 Å². The fourth-order valence-corrected chi connectivity index (χ4v) is 4.90. The van der Waals surface area contributed by atoms with Crippen LogP contribution in [0, 0.1) is 5.92 Å². The SMILES string of the molecule is CCOC(=O)c1c(NC(=O)c2ccc(Br)cc2)sc2c1CC[C@H](CC)C2. The number of thiophene rings is 1. The fourth-order valence-electron chi connectivity index (χ4n) is 3.29. The zero-order chi connectivity index (χ0) is 18.7. The van der Waals surface area contributed by atoms with E-state index in [2.05, 4.69) is 28.2 Å². The molecule has 1 heterocycles. The number of rotatable bonds is 5. The van der Waals surface area contributed by atoms with Gasteiger partial charge in [0.1, 0.15) is 5.00 Å². The summed E-state index contributed by atoms with van der Waals surface area (Å²) in [5.41, 5.74) is 2.16. The normalized spacial score (nSPS) is 16.0. The molecule has 0 fully saturated rings.